The number of piperidine rings is 1. The van der Waals surface area contributed by atoms with Gasteiger partial charge in [-0.2, -0.15) is 0 Å². The highest BCUT2D eigenvalue weighted by Gasteiger charge is 2.63. The van der Waals surface area contributed by atoms with Crippen LogP contribution in [-0.2, 0) is 9.53 Å². The maximum atomic E-state index is 12.6. The summed E-state index contributed by atoms with van der Waals surface area (Å²) in [7, 11) is 3.66. The molecule has 2 aliphatic rings. The van der Waals surface area contributed by atoms with Crippen molar-refractivity contribution in [2.24, 2.45) is 5.41 Å². The first-order valence-corrected chi connectivity index (χ1v) is 8.69. The lowest BCUT2D eigenvalue weighted by Crippen LogP contribution is -2.69. The summed E-state index contributed by atoms with van der Waals surface area (Å²) in [6, 6.07) is 9.94. The summed E-state index contributed by atoms with van der Waals surface area (Å²) in [4.78, 5) is 16.5. The molecule has 132 valence electrons. The van der Waals surface area contributed by atoms with Crippen LogP contribution in [0.1, 0.15) is 26.2 Å². The number of methoxy groups -OCH3 is 1. The second-order valence-electron chi connectivity index (χ2n) is 7.38. The zero-order valence-corrected chi connectivity index (χ0v) is 14.9. The van der Waals surface area contributed by atoms with Crippen LogP contribution in [0.2, 0.25) is 0 Å². The van der Waals surface area contributed by atoms with Crippen molar-refractivity contribution in [3.05, 3.63) is 30.3 Å². The Kier molecular flexibility index (Phi) is 4.58. The standard InChI is InChI=1S/C19H28N2O3/c1-18(24-3)13-16(22)19(18)9-11-21(12-10-19)17(23)14-20(2)15-7-5-4-6-8-15/h4-8,16,22H,9-14H2,1-3H3. The van der Waals surface area contributed by atoms with Gasteiger partial charge in [0, 0.05) is 44.8 Å². The number of nitrogens with zero attached hydrogens (tertiary/aromatic N) is 2. The first kappa shape index (κ1) is 17.2. The molecule has 1 aliphatic heterocycles. The van der Waals surface area contributed by atoms with E-state index in [0.717, 1.165) is 18.5 Å². The molecular weight excluding hydrogens is 304 g/mol. The van der Waals surface area contributed by atoms with Crippen molar-refractivity contribution in [1.29, 1.82) is 0 Å². The van der Waals surface area contributed by atoms with Crippen LogP contribution < -0.4 is 4.90 Å². The predicted octanol–water partition coefficient (Wildman–Crippen LogP) is 1.90. The summed E-state index contributed by atoms with van der Waals surface area (Å²) in [5, 5.41) is 10.3. The smallest absolute Gasteiger partial charge is 0.242 e. The molecule has 5 nitrogen and oxygen atoms in total. The van der Waals surface area contributed by atoms with Gasteiger partial charge in [0.15, 0.2) is 0 Å². The maximum absolute atomic E-state index is 12.6. The Balaban J connectivity index is 1.58. The second kappa shape index (κ2) is 6.37. The first-order chi connectivity index (χ1) is 11.4. The van der Waals surface area contributed by atoms with Gasteiger partial charge in [0.1, 0.15) is 0 Å². The molecule has 1 amide bonds. The van der Waals surface area contributed by atoms with Crippen LogP contribution in [0.4, 0.5) is 5.69 Å². The third-order valence-corrected chi connectivity index (χ3v) is 6.30. The molecule has 1 spiro atoms. The average Bonchev–Trinajstić information content (AvgIpc) is 2.62. The number of ether oxygens (including phenoxy) is 1. The molecule has 0 bridgehead atoms. The van der Waals surface area contributed by atoms with E-state index >= 15 is 0 Å². The number of para-hydroxylation sites is 1. The Morgan fingerprint density at radius 3 is 2.50 bits per heavy atom. The van der Waals surface area contributed by atoms with E-state index in [9.17, 15) is 9.90 Å². The highest BCUT2D eigenvalue weighted by molar-refractivity contribution is 5.81. The minimum atomic E-state index is -0.313. The van der Waals surface area contributed by atoms with Crippen LogP contribution in [0, 0.1) is 5.41 Å². The highest BCUT2D eigenvalue weighted by atomic mass is 16.5. The lowest BCUT2D eigenvalue weighted by atomic mass is 9.51. The fourth-order valence-electron chi connectivity index (χ4n) is 4.37. The van der Waals surface area contributed by atoms with Gasteiger partial charge in [-0.25, -0.2) is 0 Å². The van der Waals surface area contributed by atoms with Gasteiger partial charge in [0.2, 0.25) is 5.91 Å². The van der Waals surface area contributed by atoms with E-state index in [-0.39, 0.29) is 23.0 Å². The van der Waals surface area contributed by atoms with Crippen molar-refractivity contribution in [2.45, 2.75) is 37.9 Å². The average molecular weight is 332 g/mol. The van der Waals surface area contributed by atoms with Gasteiger partial charge >= 0.3 is 0 Å². The topological polar surface area (TPSA) is 53.0 Å². The normalized spacial score (nSPS) is 28.5. The van der Waals surface area contributed by atoms with Crippen LogP contribution in [0.3, 0.4) is 0 Å². The minimum Gasteiger partial charge on any atom is -0.392 e. The molecule has 1 aliphatic carbocycles. The Morgan fingerprint density at radius 1 is 1.33 bits per heavy atom. The van der Waals surface area contributed by atoms with Crippen molar-refractivity contribution < 1.29 is 14.6 Å². The summed E-state index contributed by atoms with van der Waals surface area (Å²) in [5.74, 6) is 0.143. The first-order valence-electron chi connectivity index (χ1n) is 8.69. The molecule has 2 unspecified atom stereocenters. The van der Waals surface area contributed by atoms with E-state index in [2.05, 4.69) is 6.92 Å². The number of aliphatic hydroxyl groups is 1. The summed E-state index contributed by atoms with van der Waals surface area (Å²) in [6.45, 7) is 3.84. The monoisotopic (exact) mass is 332 g/mol. The second-order valence-corrected chi connectivity index (χ2v) is 7.38. The van der Waals surface area contributed by atoms with E-state index < -0.39 is 0 Å². The van der Waals surface area contributed by atoms with Crippen LogP contribution in [0.15, 0.2) is 30.3 Å². The Morgan fingerprint density at radius 2 is 1.96 bits per heavy atom. The number of aliphatic hydroxyl groups excluding tert-OH is 1. The molecule has 3 rings (SSSR count). The fraction of sp³-hybridized carbons (Fsp3) is 0.632. The Hall–Kier alpha value is -1.59. The van der Waals surface area contributed by atoms with Crippen molar-refractivity contribution in [3.63, 3.8) is 0 Å². The quantitative estimate of drug-likeness (QED) is 0.915. The van der Waals surface area contributed by atoms with E-state index in [1.807, 2.05) is 47.2 Å². The summed E-state index contributed by atoms with van der Waals surface area (Å²) in [6.07, 6.45) is 1.99. The molecule has 5 heteroatoms. The lowest BCUT2D eigenvalue weighted by molar-refractivity contribution is -0.260. The molecule has 1 N–H and O–H groups in total. The predicted molar refractivity (Wildman–Crippen MR) is 94.0 cm³/mol. The third kappa shape index (κ3) is 2.70. The van der Waals surface area contributed by atoms with Crippen LogP contribution in [0.25, 0.3) is 0 Å². The van der Waals surface area contributed by atoms with Crippen molar-refractivity contribution in [3.8, 4) is 0 Å². The minimum absolute atomic E-state index is 0.143. The van der Waals surface area contributed by atoms with Crippen LogP contribution in [0.5, 0.6) is 0 Å². The molecule has 2 atom stereocenters. The van der Waals surface area contributed by atoms with Gasteiger partial charge in [-0.15, -0.1) is 0 Å². The number of carbonyl (C=O) groups is 1. The number of anilines is 1. The molecule has 24 heavy (non-hydrogen) atoms. The lowest BCUT2D eigenvalue weighted by Gasteiger charge is -2.62. The van der Waals surface area contributed by atoms with Crippen LogP contribution >= 0.6 is 0 Å². The number of hydrogen-bond acceptors (Lipinski definition) is 4. The van der Waals surface area contributed by atoms with Gasteiger partial charge < -0.3 is 19.6 Å². The number of likely N-dealkylation sites (N-methyl/N-ethyl adjacent to an activating group) is 1. The Labute approximate surface area is 144 Å². The number of hydrogen-bond donors (Lipinski definition) is 1. The van der Waals surface area contributed by atoms with Gasteiger partial charge in [0.25, 0.3) is 0 Å². The highest BCUT2D eigenvalue weighted by Crippen LogP contribution is 2.57. The summed E-state index contributed by atoms with van der Waals surface area (Å²) < 4.78 is 5.68. The van der Waals surface area contributed by atoms with E-state index in [4.69, 9.17) is 4.74 Å². The summed E-state index contributed by atoms with van der Waals surface area (Å²) >= 11 is 0. The molecule has 1 aromatic carbocycles. The number of amides is 1. The number of likely N-dealkylation sites (tertiary alicyclic amines) is 1. The fourth-order valence-corrected chi connectivity index (χ4v) is 4.37. The molecule has 0 radical (unpaired) electrons. The molecule has 1 aromatic rings. The van der Waals surface area contributed by atoms with Gasteiger partial charge in [-0.05, 0) is 31.9 Å². The zero-order chi connectivity index (χ0) is 17.4. The maximum Gasteiger partial charge on any atom is 0.242 e. The van der Waals surface area contributed by atoms with Crippen LogP contribution in [-0.4, -0.2) is 61.4 Å². The molecular formula is C19H28N2O3. The Bertz CT molecular complexity index is 584. The third-order valence-electron chi connectivity index (χ3n) is 6.30. The summed E-state index contributed by atoms with van der Waals surface area (Å²) in [5.41, 5.74) is 0.590. The van der Waals surface area contributed by atoms with Gasteiger partial charge in [0.05, 0.1) is 18.2 Å². The number of rotatable bonds is 4. The number of benzene rings is 1. The molecule has 1 heterocycles. The SMILES string of the molecule is COC1(C)CC(O)C12CCN(C(=O)CN(C)c1ccccc1)CC2. The zero-order valence-electron chi connectivity index (χ0n) is 14.9. The van der Waals surface area contributed by atoms with Crippen molar-refractivity contribution >= 4 is 11.6 Å². The van der Waals surface area contributed by atoms with E-state index in [1.54, 1.807) is 7.11 Å². The van der Waals surface area contributed by atoms with E-state index in [0.29, 0.717) is 26.1 Å². The van der Waals surface area contributed by atoms with Gasteiger partial charge in [-0.3, -0.25) is 4.79 Å². The molecule has 2 fully saturated rings. The molecule has 0 aromatic heterocycles. The van der Waals surface area contributed by atoms with Gasteiger partial charge in [-0.1, -0.05) is 18.2 Å². The van der Waals surface area contributed by atoms with E-state index in [1.165, 1.54) is 0 Å². The van der Waals surface area contributed by atoms with Crippen molar-refractivity contribution in [1.82, 2.24) is 4.90 Å². The van der Waals surface area contributed by atoms with Crippen molar-refractivity contribution in [2.75, 3.05) is 38.7 Å². The number of carbonyl (C=O) groups excluding carboxylic acids is 1. The largest absolute Gasteiger partial charge is 0.392 e. The molecule has 1 saturated heterocycles. The molecule has 1 saturated carbocycles.